The number of amides is 1. The van der Waals surface area contributed by atoms with Gasteiger partial charge in [0.15, 0.2) is 17.5 Å². The van der Waals surface area contributed by atoms with E-state index in [0.717, 1.165) is 12.1 Å². The van der Waals surface area contributed by atoms with E-state index in [4.69, 9.17) is 4.74 Å². The van der Waals surface area contributed by atoms with Crippen LogP contribution in [0.3, 0.4) is 0 Å². The number of carbonyl (C=O) groups is 1. The Morgan fingerprint density at radius 1 is 0.969 bits per heavy atom. The number of halogens is 3. The molecule has 0 radical (unpaired) electrons. The molecule has 168 valence electrons. The van der Waals surface area contributed by atoms with Gasteiger partial charge in [0.25, 0.3) is 15.9 Å². The van der Waals surface area contributed by atoms with Crippen LogP contribution in [0.25, 0.3) is 0 Å². The molecule has 0 fully saturated rings. The van der Waals surface area contributed by atoms with Gasteiger partial charge in [-0.05, 0) is 67.9 Å². The van der Waals surface area contributed by atoms with Crippen LogP contribution in [-0.4, -0.2) is 20.9 Å². The lowest BCUT2D eigenvalue weighted by Crippen LogP contribution is -2.18. The van der Waals surface area contributed by atoms with Gasteiger partial charge < -0.3 is 10.1 Å². The predicted octanol–water partition coefficient (Wildman–Crippen LogP) is 4.86. The Morgan fingerprint density at radius 2 is 1.66 bits per heavy atom. The first-order chi connectivity index (χ1) is 15.1. The smallest absolute Gasteiger partial charge is 0.261 e. The summed E-state index contributed by atoms with van der Waals surface area (Å²) in [6, 6.07) is 11.6. The van der Waals surface area contributed by atoms with Crippen LogP contribution in [0, 0.1) is 24.4 Å². The molecule has 0 saturated carbocycles. The first kappa shape index (κ1) is 23.1. The third kappa shape index (κ3) is 5.02. The molecular formula is C22H19F3N2O4S. The van der Waals surface area contributed by atoms with E-state index in [1.807, 2.05) is 6.92 Å². The maximum absolute atomic E-state index is 13.9. The van der Waals surface area contributed by atoms with Gasteiger partial charge in [0.2, 0.25) is 0 Å². The summed E-state index contributed by atoms with van der Waals surface area (Å²) in [5.41, 5.74) is 0.0205. The molecule has 0 saturated heterocycles. The maximum atomic E-state index is 13.9. The highest BCUT2D eigenvalue weighted by atomic mass is 32.2. The Balaban J connectivity index is 1.85. The second kappa shape index (κ2) is 9.31. The van der Waals surface area contributed by atoms with E-state index in [1.165, 1.54) is 24.3 Å². The second-order valence-corrected chi connectivity index (χ2v) is 8.40. The van der Waals surface area contributed by atoms with Gasteiger partial charge in [0.1, 0.15) is 5.75 Å². The van der Waals surface area contributed by atoms with Crippen molar-refractivity contribution in [1.29, 1.82) is 0 Å². The number of aryl methyl sites for hydroxylation is 1. The molecule has 10 heteroatoms. The largest absolute Gasteiger partial charge is 0.494 e. The van der Waals surface area contributed by atoms with Crippen molar-refractivity contribution in [3.05, 3.63) is 83.2 Å². The lowest BCUT2D eigenvalue weighted by atomic mass is 10.1. The minimum Gasteiger partial charge on any atom is -0.494 e. The van der Waals surface area contributed by atoms with Crippen LogP contribution in [-0.2, 0) is 10.0 Å². The van der Waals surface area contributed by atoms with Crippen molar-refractivity contribution >= 4 is 27.3 Å². The summed E-state index contributed by atoms with van der Waals surface area (Å²) in [5.74, 6) is -4.99. The highest BCUT2D eigenvalue weighted by Crippen LogP contribution is 2.24. The number of anilines is 2. The van der Waals surface area contributed by atoms with Gasteiger partial charge in [-0.3, -0.25) is 9.52 Å². The number of sulfonamides is 1. The van der Waals surface area contributed by atoms with Gasteiger partial charge in [0.05, 0.1) is 17.2 Å². The molecule has 0 aliphatic rings. The van der Waals surface area contributed by atoms with Crippen molar-refractivity contribution in [1.82, 2.24) is 0 Å². The van der Waals surface area contributed by atoms with Gasteiger partial charge in [-0.1, -0.05) is 6.07 Å². The maximum Gasteiger partial charge on any atom is 0.261 e. The van der Waals surface area contributed by atoms with Crippen LogP contribution in [0.15, 0.2) is 59.5 Å². The number of rotatable bonds is 7. The zero-order chi connectivity index (χ0) is 23.5. The summed E-state index contributed by atoms with van der Waals surface area (Å²) in [7, 11) is -4.06. The lowest BCUT2D eigenvalue weighted by Gasteiger charge is -2.13. The van der Waals surface area contributed by atoms with E-state index in [1.54, 1.807) is 19.1 Å². The fourth-order valence-corrected chi connectivity index (χ4v) is 3.91. The molecule has 3 rings (SSSR count). The molecule has 1 amide bonds. The number of ether oxygens (including phenoxy) is 1. The lowest BCUT2D eigenvalue weighted by molar-refractivity contribution is 0.102. The first-order valence-electron chi connectivity index (χ1n) is 9.43. The van der Waals surface area contributed by atoms with E-state index in [0.29, 0.717) is 24.0 Å². The minimum absolute atomic E-state index is 0.0799. The van der Waals surface area contributed by atoms with Crippen LogP contribution >= 0.6 is 0 Å². The molecular weight excluding hydrogens is 445 g/mol. The Bertz CT molecular complexity index is 1260. The molecule has 0 spiro atoms. The average molecular weight is 464 g/mol. The van der Waals surface area contributed by atoms with Crippen molar-refractivity contribution < 1.29 is 31.1 Å². The summed E-state index contributed by atoms with van der Waals surface area (Å²) in [4.78, 5) is 12.4. The zero-order valence-corrected chi connectivity index (χ0v) is 17.9. The molecule has 2 N–H and O–H groups in total. The van der Waals surface area contributed by atoms with Crippen LogP contribution in [0.4, 0.5) is 24.5 Å². The molecule has 0 aliphatic carbocycles. The molecule has 3 aromatic rings. The molecule has 6 nitrogen and oxygen atoms in total. The molecule has 3 aromatic carbocycles. The van der Waals surface area contributed by atoms with E-state index in [2.05, 4.69) is 10.0 Å². The van der Waals surface area contributed by atoms with Crippen molar-refractivity contribution in [2.45, 2.75) is 18.7 Å². The minimum atomic E-state index is -4.06. The van der Waals surface area contributed by atoms with E-state index in [9.17, 15) is 26.4 Å². The first-order valence-corrected chi connectivity index (χ1v) is 10.9. The molecule has 32 heavy (non-hydrogen) atoms. The number of carbonyl (C=O) groups excluding carboxylic acids is 1. The Morgan fingerprint density at radius 3 is 2.31 bits per heavy atom. The van der Waals surface area contributed by atoms with Gasteiger partial charge in [0, 0.05) is 11.3 Å². The van der Waals surface area contributed by atoms with Crippen molar-refractivity contribution in [3.63, 3.8) is 0 Å². The Hall–Kier alpha value is -3.53. The normalized spacial score (nSPS) is 11.2. The summed E-state index contributed by atoms with van der Waals surface area (Å²) >= 11 is 0. The summed E-state index contributed by atoms with van der Waals surface area (Å²) in [6.07, 6.45) is 0. The van der Waals surface area contributed by atoms with Gasteiger partial charge in [-0.15, -0.1) is 0 Å². The molecule has 0 aliphatic heterocycles. The van der Waals surface area contributed by atoms with Gasteiger partial charge in [-0.25, -0.2) is 21.6 Å². The third-order valence-corrected chi connectivity index (χ3v) is 5.84. The fraction of sp³-hybridized carbons (Fsp3) is 0.136. The van der Waals surface area contributed by atoms with Crippen molar-refractivity contribution in [3.8, 4) is 5.75 Å². The van der Waals surface area contributed by atoms with Crippen LogP contribution in [0.5, 0.6) is 5.75 Å². The van der Waals surface area contributed by atoms with E-state index >= 15 is 0 Å². The quantitative estimate of drug-likeness (QED) is 0.489. The number of benzene rings is 3. The van der Waals surface area contributed by atoms with E-state index in [-0.39, 0.29) is 16.1 Å². The van der Waals surface area contributed by atoms with Crippen molar-refractivity contribution in [2.24, 2.45) is 0 Å². The van der Waals surface area contributed by atoms with Gasteiger partial charge >= 0.3 is 0 Å². The SMILES string of the molecule is CCOc1ccc(NS(=O)(=O)c2ccc(C)c(C(=O)Nc3ccc(F)c(F)c3F)c2)cc1. The monoisotopic (exact) mass is 464 g/mol. The second-order valence-electron chi connectivity index (χ2n) is 6.72. The Labute approximate surface area is 183 Å². The summed E-state index contributed by atoms with van der Waals surface area (Å²) in [5, 5.41) is 2.13. The van der Waals surface area contributed by atoms with Gasteiger partial charge in [-0.2, -0.15) is 0 Å². The summed E-state index contributed by atoms with van der Waals surface area (Å²) < 4.78 is 73.6. The standard InChI is InChI=1S/C22H19F3N2O4S/c1-3-31-15-7-5-14(6-8-15)27-32(29,30)16-9-4-13(2)17(12-16)22(28)26-19-11-10-18(23)20(24)21(19)25/h4-12,27H,3H2,1-2H3,(H,26,28). The number of nitrogens with one attached hydrogen (secondary N) is 2. The molecule has 0 bridgehead atoms. The van der Waals surface area contributed by atoms with E-state index < -0.39 is 39.1 Å². The zero-order valence-electron chi connectivity index (χ0n) is 17.1. The molecule has 0 unspecified atom stereocenters. The molecule has 0 aromatic heterocycles. The number of hydrogen-bond acceptors (Lipinski definition) is 4. The highest BCUT2D eigenvalue weighted by molar-refractivity contribution is 7.92. The van der Waals surface area contributed by atoms with Crippen molar-refractivity contribution in [2.75, 3.05) is 16.6 Å². The molecule has 0 heterocycles. The number of hydrogen-bond donors (Lipinski definition) is 2. The predicted molar refractivity (Wildman–Crippen MR) is 114 cm³/mol. The average Bonchev–Trinajstić information content (AvgIpc) is 2.75. The Kier molecular flexibility index (Phi) is 6.73. The van der Waals surface area contributed by atoms with Crippen LogP contribution in [0.2, 0.25) is 0 Å². The summed E-state index contributed by atoms with van der Waals surface area (Å²) in [6.45, 7) is 3.84. The fourth-order valence-electron chi connectivity index (χ4n) is 2.82. The van der Waals surface area contributed by atoms with Crippen LogP contribution in [0.1, 0.15) is 22.8 Å². The topological polar surface area (TPSA) is 84.5 Å². The molecule has 0 atom stereocenters. The highest BCUT2D eigenvalue weighted by Gasteiger charge is 2.20. The third-order valence-electron chi connectivity index (χ3n) is 4.46. The van der Waals surface area contributed by atoms with Crippen LogP contribution < -0.4 is 14.8 Å².